The highest BCUT2D eigenvalue weighted by molar-refractivity contribution is 5.41. The van der Waals surface area contributed by atoms with Crippen LogP contribution < -0.4 is 5.32 Å². The van der Waals surface area contributed by atoms with Crippen LogP contribution in [0.4, 0.5) is 19.0 Å². The highest BCUT2D eigenvalue weighted by atomic mass is 19.4. The summed E-state index contributed by atoms with van der Waals surface area (Å²) in [6.45, 7) is 2.19. The van der Waals surface area contributed by atoms with Gasteiger partial charge in [-0.05, 0) is 42.7 Å². The lowest BCUT2D eigenvalue weighted by Gasteiger charge is -2.54. The van der Waals surface area contributed by atoms with Gasteiger partial charge in [0.2, 0.25) is 0 Å². The predicted octanol–water partition coefficient (Wildman–Crippen LogP) is 4.34. The van der Waals surface area contributed by atoms with Gasteiger partial charge >= 0.3 is 6.18 Å². The van der Waals surface area contributed by atoms with Crippen LogP contribution in [0.25, 0.3) is 0 Å². The van der Waals surface area contributed by atoms with Crippen molar-refractivity contribution in [2.24, 2.45) is 17.8 Å². The SMILES string of the molecule is CC1C2CCCCC2C1Nc1cc(C(F)(F)F)ccn1. The van der Waals surface area contributed by atoms with Gasteiger partial charge in [0, 0.05) is 12.2 Å². The van der Waals surface area contributed by atoms with Gasteiger partial charge in [-0.15, -0.1) is 0 Å². The Balaban J connectivity index is 1.72. The quantitative estimate of drug-likeness (QED) is 0.874. The first-order chi connectivity index (χ1) is 9.47. The number of anilines is 1. The number of aromatic nitrogens is 1. The van der Waals surface area contributed by atoms with Gasteiger partial charge in [0.1, 0.15) is 5.82 Å². The largest absolute Gasteiger partial charge is 0.416 e. The summed E-state index contributed by atoms with van der Waals surface area (Å²) in [4.78, 5) is 4.04. The molecule has 1 N–H and O–H groups in total. The van der Waals surface area contributed by atoms with Crippen LogP contribution in [0.2, 0.25) is 0 Å². The van der Waals surface area contributed by atoms with Crippen LogP contribution in [0.5, 0.6) is 0 Å². The normalized spacial score (nSPS) is 33.2. The molecule has 1 heterocycles. The molecule has 0 bridgehead atoms. The van der Waals surface area contributed by atoms with Gasteiger partial charge < -0.3 is 5.32 Å². The Labute approximate surface area is 116 Å². The van der Waals surface area contributed by atoms with E-state index in [1.807, 2.05) is 0 Å². The maximum atomic E-state index is 12.7. The molecule has 4 atom stereocenters. The molecule has 0 aliphatic heterocycles. The summed E-state index contributed by atoms with van der Waals surface area (Å²) in [5.41, 5.74) is -0.637. The van der Waals surface area contributed by atoms with E-state index in [0.29, 0.717) is 17.7 Å². The van der Waals surface area contributed by atoms with Crippen molar-refractivity contribution in [3.05, 3.63) is 23.9 Å². The fraction of sp³-hybridized carbons (Fsp3) is 0.667. The average Bonchev–Trinajstić information content (AvgIpc) is 2.44. The summed E-state index contributed by atoms with van der Waals surface area (Å²) < 4.78 is 38.1. The smallest absolute Gasteiger partial charge is 0.367 e. The van der Waals surface area contributed by atoms with Gasteiger partial charge in [-0.25, -0.2) is 4.98 Å². The molecule has 2 saturated carbocycles. The van der Waals surface area contributed by atoms with Gasteiger partial charge in [-0.2, -0.15) is 13.2 Å². The molecule has 0 radical (unpaired) electrons. The molecule has 5 heteroatoms. The maximum absolute atomic E-state index is 12.7. The summed E-state index contributed by atoms with van der Waals surface area (Å²) in [6.07, 6.45) is 1.90. The summed E-state index contributed by atoms with van der Waals surface area (Å²) in [6, 6.07) is 2.40. The van der Waals surface area contributed by atoms with Gasteiger partial charge in [-0.3, -0.25) is 0 Å². The monoisotopic (exact) mass is 284 g/mol. The van der Waals surface area contributed by atoms with Crippen LogP contribution in [0.1, 0.15) is 38.2 Å². The standard InChI is InChI=1S/C15H19F3N2/c1-9-11-4-2-3-5-12(11)14(9)20-13-8-10(6-7-19-13)15(16,17)18/h6-9,11-12,14H,2-5H2,1H3,(H,19,20). The number of hydrogen-bond acceptors (Lipinski definition) is 2. The first-order valence-electron chi connectivity index (χ1n) is 7.26. The Morgan fingerprint density at radius 1 is 1.20 bits per heavy atom. The first kappa shape index (κ1) is 13.7. The first-order valence-corrected chi connectivity index (χ1v) is 7.26. The molecular formula is C15H19F3N2. The molecule has 0 saturated heterocycles. The van der Waals surface area contributed by atoms with Crippen molar-refractivity contribution < 1.29 is 13.2 Å². The zero-order chi connectivity index (χ0) is 14.3. The Hall–Kier alpha value is -1.26. The number of nitrogens with zero attached hydrogens (tertiary/aromatic N) is 1. The van der Waals surface area contributed by atoms with Gasteiger partial charge in [0.15, 0.2) is 0 Å². The zero-order valence-corrected chi connectivity index (χ0v) is 11.5. The second-order valence-corrected chi connectivity index (χ2v) is 6.07. The number of alkyl halides is 3. The average molecular weight is 284 g/mol. The van der Waals surface area contributed by atoms with E-state index < -0.39 is 11.7 Å². The second kappa shape index (κ2) is 4.93. The highest BCUT2D eigenvalue weighted by Gasteiger charge is 2.48. The summed E-state index contributed by atoms with van der Waals surface area (Å²) in [7, 11) is 0. The maximum Gasteiger partial charge on any atom is 0.416 e. The van der Waals surface area contributed by atoms with Crippen LogP contribution in [0.15, 0.2) is 18.3 Å². The molecular weight excluding hydrogens is 265 g/mol. The Morgan fingerprint density at radius 3 is 2.60 bits per heavy atom. The molecule has 0 spiro atoms. The Morgan fingerprint density at radius 2 is 1.90 bits per heavy atom. The third kappa shape index (κ3) is 2.38. The molecule has 1 aromatic rings. The number of rotatable bonds is 2. The lowest BCUT2D eigenvalue weighted by Crippen LogP contribution is -2.55. The highest BCUT2D eigenvalue weighted by Crippen LogP contribution is 2.50. The molecule has 0 amide bonds. The number of fused-ring (bicyclic) bond motifs is 1. The topological polar surface area (TPSA) is 24.9 Å². The van der Waals surface area contributed by atoms with Crippen molar-refractivity contribution in [2.75, 3.05) is 5.32 Å². The summed E-state index contributed by atoms with van der Waals surface area (Å²) in [5.74, 6) is 2.22. The van der Waals surface area contributed by atoms with Crippen LogP contribution in [0, 0.1) is 17.8 Å². The zero-order valence-electron chi connectivity index (χ0n) is 11.5. The fourth-order valence-electron chi connectivity index (χ4n) is 3.89. The lowest BCUT2D eigenvalue weighted by atomic mass is 9.56. The fourth-order valence-corrected chi connectivity index (χ4v) is 3.89. The van der Waals surface area contributed by atoms with Crippen LogP contribution in [0.3, 0.4) is 0 Å². The number of halogens is 3. The van der Waals surface area contributed by atoms with Crippen molar-refractivity contribution in [1.29, 1.82) is 0 Å². The minimum Gasteiger partial charge on any atom is -0.367 e. The molecule has 3 rings (SSSR count). The Kier molecular flexibility index (Phi) is 3.38. The van der Waals surface area contributed by atoms with E-state index in [2.05, 4.69) is 17.2 Å². The van der Waals surface area contributed by atoms with E-state index in [1.54, 1.807) is 0 Å². The minimum atomic E-state index is -4.31. The molecule has 2 nitrogen and oxygen atoms in total. The third-order valence-corrected chi connectivity index (χ3v) is 4.98. The van der Waals surface area contributed by atoms with E-state index >= 15 is 0 Å². The van der Waals surface area contributed by atoms with Crippen LogP contribution >= 0.6 is 0 Å². The van der Waals surface area contributed by atoms with Crippen molar-refractivity contribution >= 4 is 5.82 Å². The number of nitrogens with one attached hydrogen (secondary N) is 1. The van der Waals surface area contributed by atoms with Gasteiger partial charge in [-0.1, -0.05) is 19.8 Å². The molecule has 4 unspecified atom stereocenters. The van der Waals surface area contributed by atoms with Crippen molar-refractivity contribution in [3.8, 4) is 0 Å². The van der Waals surface area contributed by atoms with E-state index in [-0.39, 0.29) is 6.04 Å². The minimum absolute atomic E-state index is 0.274. The van der Waals surface area contributed by atoms with E-state index in [1.165, 1.54) is 31.9 Å². The molecule has 1 aromatic heterocycles. The van der Waals surface area contributed by atoms with E-state index in [4.69, 9.17) is 0 Å². The molecule has 2 aliphatic rings. The summed E-state index contributed by atoms with van der Waals surface area (Å²) in [5, 5.41) is 3.23. The van der Waals surface area contributed by atoms with Crippen LogP contribution in [-0.4, -0.2) is 11.0 Å². The van der Waals surface area contributed by atoms with Crippen molar-refractivity contribution in [3.63, 3.8) is 0 Å². The second-order valence-electron chi connectivity index (χ2n) is 6.07. The number of pyridine rings is 1. The van der Waals surface area contributed by atoms with Crippen LogP contribution in [-0.2, 0) is 6.18 Å². The molecule has 2 fully saturated rings. The van der Waals surface area contributed by atoms with E-state index in [0.717, 1.165) is 18.1 Å². The van der Waals surface area contributed by atoms with Gasteiger partial charge in [0.25, 0.3) is 0 Å². The van der Waals surface area contributed by atoms with E-state index in [9.17, 15) is 13.2 Å². The molecule has 20 heavy (non-hydrogen) atoms. The lowest BCUT2D eigenvalue weighted by molar-refractivity contribution is -0.137. The predicted molar refractivity (Wildman–Crippen MR) is 71.3 cm³/mol. The van der Waals surface area contributed by atoms with Crippen molar-refractivity contribution in [2.45, 2.75) is 44.8 Å². The molecule has 110 valence electrons. The van der Waals surface area contributed by atoms with Gasteiger partial charge in [0.05, 0.1) is 5.56 Å². The number of hydrogen-bond donors (Lipinski definition) is 1. The Bertz CT molecular complexity index is 486. The molecule has 2 aliphatic carbocycles. The third-order valence-electron chi connectivity index (χ3n) is 4.98. The van der Waals surface area contributed by atoms with Crippen molar-refractivity contribution in [1.82, 2.24) is 4.98 Å². The molecule has 0 aromatic carbocycles. The summed E-state index contributed by atoms with van der Waals surface area (Å²) >= 11 is 0.